The van der Waals surface area contributed by atoms with Crippen LogP contribution in [0.3, 0.4) is 0 Å². The van der Waals surface area contributed by atoms with Gasteiger partial charge in [-0.3, -0.25) is 4.79 Å². The molecule has 0 aliphatic carbocycles. The lowest BCUT2D eigenvalue weighted by molar-refractivity contribution is -0.131. The summed E-state index contributed by atoms with van der Waals surface area (Å²) >= 11 is 0. The molecule has 0 radical (unpaired) electrons. The lowest BCUT2D eigenvalue weighted by Crippen LogP contribution is -2.31. The highest BCUT2D eigenvalue weighted by Crippen LogP contribution is 2.24. The number of aromatic nitrogens is 1. The minimum atomic E-state index is 0.0985. The van der Waals surface area contributed by atoms with Crippen LogP contribution >= 0.6 is 0 Å². The summed E-state index contributed by atoms with van der Waals surface area (Å²) in [5.41, 5.74) is 4.23. The van der Waals surface area contributed by atoms with E-state index in [0.29, 0.717) is 19.5 Å². The first-order valence-corrected chi connectivity index (χ1v) is 9.72. The predicted molar refractivity (Wildman–Crippen MR) is 116 cm³/mol. The number of nitrogens with one attached hydrogen (secondary N) is 1. The molecule has 4 rings (SSSR count). The number of nitrogens with zero attached hydrogens (tertiary/aromatic N) is 1. The second-order valence-corrected chi connectivity index (χ2v) is 7.12. The molecular weight excluding hydrogens is 360 g/mol. The lowest BCUT2D eigenvalue weighted by atomic mass is 10.1. The summed E-state index contributed by atoms with van der Waals surface area (Å²) in [6.07, 6.45) is 2.26. The van der Waals surface area contributed by atoms with Crippen molar-refractivity contribution in [3.63, 3.8) is 0 Å². The molecule has 0 spiro atoms. The summed E-state index contributed by atoms with van der Waals surface area (Å²) in [4.78, 5) is 18.5. The number of fused-ring (bicyclic) bond motifs is 1. The van der Waals surface area contributed by atoms with E-state index >= 15 is 0 Å². The van der Waals surface area contributed by atoms with Gasteiger partial charge >= 0.3 is 0 Å². The maximum Gasteiger partial charge on any atom is 0.227 e. The maximum atomic E-state index is 13.3. The Kier molecular flexibility index (Phi) is 5.61. The fourth-order valence-corrected chi connectivity index (χ4v) is 3.55. The average molecular weight is 384 g/mol. The molecule has 4 nitrogen and oxygen atoms in total. The number of aromatic amines is 1. The number of hydrogen-bond acceptors (Lipinski definition) is 2. The number of carbonyl (C=O) groups is 1. The molecule has 4 aromatic rings. The Morgan fingerprint density at radius 1 is 0.897 bits per heavy atom. The first kappa shape index (κ1) is 18.8. The van der Waals surface area contributed by atoms with E-state index < -0.39 is 0 Å². The predicted octanol–water partition coefficient (Wildman–Crippen LogP) is 4.95. The van der Waals surface area contributed by atoms with Gasteiger partial charge in [-0.05, 0) is 34.9 Å². The minimum Gasteiger partial charge on any atom is -0.497 e. The number of methoxy groups -OCH3 is 1. The van der Waals surface area contributed by atoms with E-state index in [9.17, 15) is 4.79 Å². The van der Waals surface area contributed by atoms with E-state index in [4.69, 9.17) is 4.74 Å². The molecule has 0 unspecified atom stereocenters. The van der Waals surface area contributed by atoms with Crippen LogP contribution in [-0.2, 0) is 24.3 Å². The Bertz CT molecular complexity index is 1050. The summed E-state index contributed by atoms with van der Waals surface area (Å²) in [5.74, 6) is 0.887. The maximum absolute atomic E-state index is 13.3. The third kappa shape index (κ3) is 4.49. The molecule has 0 atom stereocenters. The monoisotopic (exact) mass is 384 g/mol. The van der Waals surface area contributed by atoms with Gasteiger partial charge in [-0.25, -0.2) is 0 Å². The fourth-order valence-electron chi connectivity index (χ4n) is 3.55. The Morgan fingerprint density at radius 3 is 2.10 bits per heavy atom. The topological polar surface area (TPSA) is 45.3 Å². The van der Waals surface area contributed by atoms with E-state index in [0.717, 1.165) is 33.3 Å². The number of amides is 1. The van der Waals surface area contributed by atoms with Crippen molar-refractivity contribution in [1.29, 1.82) is 0 Å². The van der Waals surface area contributed by atoms with Gasteiger partial charge in [0.2, 0.25) is 5.91 Å². The van der Waals surface area contributed by atoms with Crippen LogP contribution in [0.1, 0.15) is 16.7 Å². The second-order valence-electron chi connectivity index (χ2n) is 7.12. The quantitative estimate of drug-likeness (QED) is 0.490. The van der Waals surface area contributed by atoms with E-state index in [2.05, 4.69) is 29.2 Å². The number of rotatable bonds is 7. The molecule has 0 saturated carbocycles. The molecule has 0 aliphatic heterocycles. The van der Waals surface area contributed by atoms with E-state index in [1.54, 1.807) is 7.11 Å². The van der Waals surface area contributed by atoms with E-state index in [-0.39, 0.29) is 5.91 Å². The summed E-state index contributed by atoms with van der Waals surface area (Å²) < 4.78 is 5.35. The Morgan fingerprint density at radius 2 is 1.52 bits per heavy atom. The summed E-state index contributed by atoms with van der Waals surface area (Å²) in [5, 5.41) is 1.03. The first-order valence-electron chi connectivity index (χ1n) is 9.72. The molecule has 3 aromatic carbocycles. The number of benzene rings is 3. The summed E-state index contributed by atoms with van der Waals surface area (Å²) in [6, 6.07) is 26.1. The highest BCUT2D eigenvalue weighted by molar-refractivity contribution is 5.89. The molecule has 1 amide bonds. The van der Waals surface area contributed by atoms with Gasteiger partial charge in [0.1, 0.15) is 5.75 Å². The van der Waals surface area contributed by atoms with Crippen LogP contribution in [0, 0.1) is 0 Å². The van der Waals surface area contributed by atoms with Gasteiger partial charge in [0.05, 0.1) is 13.5 Å². The van der Waals surface area contributed by atoms with Crippen LogP contribution < -0.4 is 4.74 Å². The van der Waals surface area contributed by atoms with Gasteiger partial charge in [0.15, 0.2) is 0 Å². The zero-order valence-electron chi connectivity index (χ0n) is 16.5. The lowest BCUT2D eigenvalue weighted by Gasteiger charge is -2.23. The van der Waals surface area contributed by atoms with Crippen molar-refractivity contribution in [3.8, 4) is 5.75 Å². The fraction of sp³-hybridized carbons (Fsp3) is 0.160. The molecule has 1 aromatic heterocycles. The highest BCUT2D eigenvalue weighted by Gasteiger charge is 2.17. The zero-order chi connectivity index (χ0) is 20.1. The minimum absolute atomic E-state index is 0.0985. The van der Waals surface area contributed by atoms with Crippen molar-refractivity contribution in [2.24, 2.45) is 0 Å². The largest absolute Gasteiger partial charge is 0.497 e. The van der Waals surface area contributed by atoms with Crippen molar-refractivity contribution in [2.45, 2.75) is 19.5 Å². The second kappa shape index (κ2) is 8.65. The average Bonchev–Trinajstić information content (AvgIpc) is 3.16. The van der Waals surface area contributed by atoms with Gasteiger partial charge in [-0.2, -0.15) is 0 Å². The molecule has 0 bridgehead atoms. The first-order chi connectivity index (χ1) is 14.2. The SMILES string of the molecule is COc1ccc2[nH]cc(CC(=O)N(Cc3ccccc3)Cc3ccccc3)c2c1. The van der Waals surface area contributed by atoms with Crippen LogP contribution in [0.2, 0.25) is 0 Å². The van der Waals surface area contributed by atoms with Crippen molar-refractivity contribution in [2.75, 3.05) is 7.11 Å². The van der Waals surface area contributed by atoms with Gasteiger partial charge in [0.25, 0.3) is 0 Å². The molecule has 4 heteroatoms. The van der Waals surface area contributed by atoms with Crippen LogP contribution in [0.25, 0.3) is 10.9 Å². The number of H-pyrrole nitrogens is 1. The third-order valence-corrected chi connectivity index (χ3v) is 5.10. The smallest absolute Gasteiger partial charge is 0.227 e. The number of hydrogen-bond donors (Lipinski definition) is 1. The van der Waals surface area contributed by atoms with Crippen LogP contribution in [0.5, 0.6) is 5.75 Å². The van der Waals surface area contributed by atoms with E-state index in [1.165, 1.54) is 0 Å². The van der Waals surface area contributed by atoms with Crippen molar-refractivity contribution >= 4 is 16.8 Å². The normalized spacial score (nSPS) is 10.8. The summed E-state index contributed by atoms with van der Waals surface area (Å²) in [6.45, 7) is 1.17. The number of carbonyl (C=O) groups excluding carboxylic acids is 1. The van der Waals surface area contributed by atoms with E-state index in [1.807, 2.05) is 65.7 Å². The van der Waals surface area contributed by atoms with Crippen LogP contribution in [0.4, 0.5) is 0 Å². The van der Waals surface area contributed by atoms with Gasteiger partial charge < -0.3 is 14.6 Å². The molecule has 29 heavy (non-hydrogen) atoms. The van der Waals surface area contributed by atoms with Gasteiger partial charge in [-0.15, -0.1) is 0 Å². The molecule has 0 fully saturated rings. The molecule has 0 saturated heterocycles. The third-order valence-electron chi connectivity index (χ3n) is 5.10. The van der Waals surface area contributed by atoms with Gasteiger partial charge in [0, 0.05) is 30.2 Å². The molecule has 0 aliphatic rings. The summed E-state index contributed by atoms with van der Waals surface area (Å²) in [7, 11) is 1.65. The highest BCUT2D eigenvalue weighted by atomic mass is 16.5. The Hall–Kier alpha value is -3.53. The van der Waals surface area contributed by atoms with Crippen molar-refractivity contribution < 1.29 is 9.53 Å². The van der Waals surface area contributed by atoms with Crippen LogP contribution in [-0.4, -0.2) is 22.9 Å². The van der Waals surface area contributed by atoms with Crippen molar-refractivity contribution in [3.05, 3.63) is 102 Å². The number of ether oxygens (including phenoxy) is 1. The molecule has 1 heterocycles. The standard InChI is InChI=1S/C25H24N2O2/c1-29-22-12-13-24-23(15-22)21(16-26-24)14-25(28)27(17-19-8-4-2-5-9-19)18-20-10-6-3-7-11-20/h2-13,15-16,26H,14,17-18H2,1H3. The molecular formula is C25H24N2O2. The molecule has 146 valence electrons. The zero-order valence-corrected chi connectivity index (χ0v) is 16.5. The Balaban J connectivity index is 1.59. The Labute approximate surface area is 170 Å². The van der Waals surface area contributed by atoms with Crippen molar-refractivity contribution in [1.82, 2.24) is 9.88 Å². The van der Waals surface area contributed by atoms with Gasteiger partial charge in [-0.1, -0.05) is 60.7 Å². The molecule has 1 N–H and O–H groups in total. The van der Waals surface area contributed by atoms with Crippen LogP contribution in [0.15, 0.2) is 85.1 Å².